The van der Waals surface area contributed by atoms with E-state index >= 15 is 0 Å². The quantitative estimate of drug-likeness (QED) is 0.400. The molecule has 0 bridgehead atoms. The lowest BCUT2D eigenvalue weighted by Crippen LogP contribution is -2.49. The molecule has 150 valence electrons. The van der Waals surface area contributed by atoms with Crippen LogP contribution >= 0.6 is 0 Å². The topological polar surface area (TPSA) is 84.4 Å². The third-order valence-corrected chi connectivity index (χ3v) is 4.71. The van der Waals surface area contributed by atoms with Gasteiger partial charge >= 0.3 is 6.09 Å². The van der Waals surface area contributed by atoms with E-state index in [1.165, 1.54) is 7.11 Å². The fourth-order valence-corrected chi connectivity index (χ4v) is 3.20. The van der Waals surface area contributed by atoms with Gasteiger partial charge in [0.05, 0.1) is 13.2 Å². The average Bonchev–Trinajstić information content (AvgIpc) is 2.68. The number of nitrogens with zero attached hydrogens (tertiary/aromatic N) is 2. The van der Waals surface area contributed by atoms with Gasteiger partial charge in [-0.15, -0.1) is 0 Å². The molecule has 2 heterocycles. The van der Waals surface area contributed by atoms with Crippen molar-refractivity contribution in [3.8, 4) is 0 Å². The van der Waals surface area contributed by atoms with Gasteiger partial charge in [0.1, 0.15) is 0 Å². The van der Waals surface area contributed by atoms with Gasteiger partial charge in [-0.25, -0.2) is 4.79 Å². The number of hydrogen-bond acceptors (Lipinski definition) is 5. The van der Waals surface area contributed by atoms with Crippen molar-refractivity contribution in [3.63, 3.8) is 0 Å². The molecule has 2 fully saturated rings. The van der Waals surface area contributed by atoms with Gasteiger partial charge in [0.15, 0.2) is 5.96 Å². The van der Waals surface area contributed by atoms with Crippen LogP contribution in [0.2, 0.25) is 0 Å². The molecule has 0 aliphatic carbocycles. The van der Waals surface area contributed by atoms with Gasteiger partial charge in [0, 0.05) is 52.0 Å². The van der Waals surface area contributed by atoms with Crippen LogP contribution < -0.4 is 10.6 Å². The van der Waals surface area contributed by atoms with E-state index in [9.17, 15) is 4.79 Å². The minimum atomic E-state index is -0.242. The highest BCUT2D eigenvalue weighted by Gasteiger charge is 2.23. The Bertz CT molecular complexity index is 433. The molecule has 0 atom stereocenters. The lowest BCUT2D eigenvalue weighted by Gasteiger charge is -2.32. The molecule has 0 spiro atoms. The number of guanidine groups is 1. The van der Waals surface area contributed by atoms with Gasteiger partial charge in [-0.1, -0.05) is 0 Å². The van der Waals surface area contributed by atoms with E-state index < -0.39 is 0 Å². The molecule has 2 rings (SSSR count). The number of methoxy groups -OCH3 is 1. The summed E-state index contributed by atoms with van der Waals surface area (Å²) in [4.78, 5) is 17.9. The van der Waals surface area contributed by atoms with Crippen LogP contribution in [0.15, 0.2) is 4.99 Å². The smallest absolute Gasteiger partial charge is 0.409 e. The first kappa shape index (κ1) is 20.8. The normalized spacial score (nSPS) is 20.1. The summed E-state index contributed by atoms with van der Waals surface area (Å²) in [6, 6.07) is 0.326. The van der Waals surface area contributed by atoms with Gasteiger partial charge in [-0.05, 0) is 39.0 Å². The SMILES string of the molecule is CCNC(=NCCCOC1CCOCC1)NC1CCN(C(=O)OC)CC1. The highest BCUT2D eigenvalue weighted by Crippen LogP contribution is 2.12. The Morgan fingerprint density at radius 2 is 1.96 bits per heavy atom. The third-order valence-electron chi connectivity index (χ3n) is 4.71. The maximum Gasteiger partial charge on any atom is 0.409 e. The Balaban J connectivity index is 1.65. The summed E-state index contributed by atoms with van der Waals surface area (Å²) in [6.07, 6.45) is 4.80. The molecule has 0 unspecified atom stereocenters. The zero-order valence-electron chi connectivity index (χ0n) is 16.2. The Kier molecular flexibility index (Phi) is 9.55. The molecule has 0 aromatic heterocycles. The van der Waals surface area contributed by atoms with Crippen LogP contribution in [-0.4, -0.2) is 82.2 Å². The number of hydrogen-bond donors (Lipinski definition) is 2. The van der Waals surface area contributed by atoms with Crippen molar-refractivity contribution in [1.29, 1.82) is 0 Å². The number of aliphatic imine (C=N–C) groups is 1. The first-order valence-electron chi connectivity index (χ1n) is 9.80. The van der Waals surface area contributed by atoms with Crippen molar-refractivity contribution in [2.45, 2.75) is 51.2 Å². The van der Waals surface area contributed by atoms with Crippen LogP contribution in [0.4, 0.5) is 4.79 Å². The molecule has 0 saturated carbocycles. The highest BCUT2D eigenvalue weighted by atomic mass is 16.5. The number of piperidine rings is 1. The highest BCUT2D eigenvalue weighted by molar-refractivity contribution is 5.80. The average molecular weight is 370 g/mol. The molecule has 2 N–H and O–H groups in total. The summed E-state index contributed by atoms with van der Waals surface area (Å²) in [7, 11) is 1.42. The molecule has 8 nitrogen and oxygen atoms in total. The standard InChI is InChI=1S/C18H34N4O4/c1-3-19-17(20-9-4-12-26-16-7-13-25-14-8-16)21-15-5-10-22(11-6-15)18(23)24-2/h15-16H,3-14H2,1-2H3,(H2,19,20,21). The van der Waals surface area contributed by atoms with Crippen molar-refractivity contribution in [1.82, 2.24) is 15.5 Å². The van der Waals surface area contributed by atoms with Crippen LogP contribution in [0, 0.1) is 0 Å². The molecule has 0 radical (unpaired) electrons. The second-order valence-corrected chi connectivity index (χ2v) is 6.67. The van der Waals surface area contributed by atoms with E-state index in [4.69, 9.17) is 14.2 Å². The second kappa shape index (κ2) is 12.0. The molecule has 2 saturated heterocycles. The van der Waals surface area contributed by atoms with Crippen molar-refractivity contribution in [3.05, 3.63) is 0 Å². The summed E-state index contributed by atoms with van der Waals surface area (Å²) in [5, 5.41) is 6.77. The molecule has 0 aromatic rings. The van der Waals surface area contributed by atoms with Crippen LogP contribution in [0.5, 0.6) is 0 Å². The van der Waals surface area contributed by atoms with Gasteiger partial charge in [-0.2, -0.15) is 0 Å². The van der Waals surface area contributed by atoms with Gasteiger partial charge in [0.2, 0.25) is 0 Å². The Morgan fingerprint density at radius 1 is 1.23 bits per heavy atom. The zero-order valence-corrected chi connectivity index (χ0v) is 16.2. The van der Waals surface area contributed by atoms with Gasteiger partial charge in [0.25, 0.3) is 0 Å². The van der Waals surface area contributed by atoms with Crippen molar-refractivity contribution < 1.29 is 19.0 Å². The van der Waals surface area contributed by atoms with Crippen molar-refractivity contribution in [2.24, 2.45) is 4.99 Å². The first-order valence-corrected chi connectivity index (χ1v) is 9.80. The molecule has 26 heavy (non-hydrogen) atoms. The maximum absolute atomic E-state index is 11.5. The summed E-state index contributed by atoms with van der Waals surface area (Å²) in [6.45, 7) is 7.41. The van der Waals surface area contributed by atoms with Crippen LogP contribution in [0.25, 0.3) is 0 Å². The van der Waals surface area contributed by atoms with Gasteiger partial charge < -0.3 is 29.7 Å². The summed E-state index contributed by atoms with van der Waals surface area (Å²) >= 11 is 0. The number of ether oxygens (including phenoxy) is 3. The number of carbonyl (C=O) groups is 1. The first-order chi connectivity index (χ1) is 12.7. The van der Waals surface area contributed by atoms with E-state index in [0.717, 1.165) is 71.0 Å². The fourth-order valence-electron chi connectivity index (χ4n) is 3.20. The number of carbonyl (C=O) groups excluding carboxylic acids is 1. The third kappa shape index (κ3) is 7.37. The predicted molar refractivity (Wildman–Crippen MR) is 101 cm³/mol. The van der Waals surface area contributed by atoms with Crippen LogP contribution in [0.1, 0.15) is 39.0 Å². The Hall–Kier alpha value is -1.54. The largest absolute Gasteiger partial charge is 0.453 e. The summed E-state index contributed by atoms with van der Waals surface area (Å²) in [5.41, 5.74) is 0. The van der Waals surface area contributed by atoms with E-state index in [-0.39, 0.29) is 6.09 Å². The molecule has 2 aliphatic rings. The molecule has 8 heteroatoms. The summed E-state index contributed by atoms with van der Waals surface area (Å²) < 4.78 is 16.0. The number of rotatable bonds is 7. The summed E-state index contributed by atoms with van der Waals surface area (Å²) in [5.74, 6) is 0.843. The Labute approximate surface area is 156 Å². The van der Waals surface area contributed by atoms with E-state index in [2.05, 4.69) is 22.5 Å². The molecule has 0 aromatic carbocycles. The zero-order chi connectivity index (χ0) is 18.6. The number of nitrogens with one attached hydrogen (secondary N) is 2. The lowest BCUT2D eigenvalue weighted by atomic mass is 10.1. The minimum absolute atomic E-state index is 0.242. The van der Waals surface area contributed by atoms with Crippen molar-refractivity contribution >= 4 is 12.1 Å². The fraction of sp³-hybridized carbons (Fsp3) is 0.889. The van der Waals surface area contributed by atoms with E-state index in [0.29, 0.717) is 25.2 Å². The number of likely N-dealkylation sites (tertiary alicyclic amines) is 1. The van der Waals surface area contributed by atoms with Crippen molar-refractivity contribution in [2.75, 3.05) is 53.1 Å². The minimum Gasteiger partial charge on any atom is -0.453 e. The Morgan fingerprint density at radius 3 is 2.62 bits per heavy atom. The number of amides is 1. The second-order valence-electron chi connectivity index (χ2n) is 6.67. The lowest BCUT2D eigenvalue weighted by molar-refractivity contribution is -0.0318. The maximum atomic E-state index is 11.5. The molecular weight excluding hydrogens is 336 g/mol. The predicted octanol–water partition coefficient (Wildman–Crippen LogP) is 1.36. The van der Waals surface area contributed by atoms with E-state index in [1.54, 1.807) is 4.90 Å². The molecular formula is C18H34N4O4. The monoisotopic (exact) mass is 370 g/mol. The van der Waals surface area contributed by atoms with Crippen LogP contribution in [-0.2, 0) is 14.2 Å². The van der Waals surface area contributed by atoms with Crippen LogP contribution in [0.3, 0.4) is 0 Å². The molecule has 2 aliphatic heterocycles. The van der Waals surface area contributed by atoms with E-state index in [1.807, 2.05) is 0 Å². The van der Waals surface area contributed by atoms with Gasteiger partial charge in [-0.3, -0.25) is 4.99 Å². The molecule has 1 amide bonds.